The second kappa shape index (κ2) is 7.45. The zero-order valence-electron chi connectivity index (χ0n) is 10.4. The molecule has 0 radical (unpaired) electrons. The summed E-state index contributed by atoms with van der Waals surface area (Å²) in [6.45, 7) is 5.93. The average Bonchev–Trinajstić information content (AvgIpc) is 2.36. The molecule has 1 unspecified atom stereocenters. The Labute approximate surface area is 107 Å². The number of rotatable bonds is 7. The molecule has 5 nitrogen and oxygen atoms in total. The summed E-state index contributed by atoms with van der Waals surface area (Å²) in [7, 11) is 0. The maximum Gasteiger partial charge on any atom is 0.273 e. The number of carbonyl (C=O) groups excluding carboxylic acids is 1. The van der Waals surface area contributed by atoms with E-state index in [4.69, 9.17) is 9.84 Å². The molecule has 0 bridgehead atoms. The number of aromatic nitrogens is 1. The lowest BCUT2D eigenvalue weighted by atomic mass is 10.2. The molecule has 0 fully saturated rings. The van der Waals surface area contributed by atoms with Crippen LogP contribution in [0, 0.1) is 0 Å². The highest BCUT2D eigenvalue weighted by atomic mass is 16.5. The highest BCUT2D eigenvalue weighted by Gasteiger charge is 2.13. The van der Waals surface area contributed by atoms with Crippen molar-refractivity contribution in [1.29, 1.82) is 0 Å². The molecule has 2 N–H and O–H groups in total. The lowest BCUT2D eigenvalue weighted by Gasteiger charge is -2.10. The number of aliphatic hydroxyl groups excluding tert-OH is 1. The zero-order valence-corrected chi connectivity index (χ0v) is 10.4. The SMILES string of the molecule is C=CCOc1cccnc1C(=O)NCCC(C)O. The number of amides is 1. The highest BCUT2D eigenvalue weighted by molar-refractivity contribution is 5.94. The number of aliphatic hydroxyl groups is 1. The van der Waals surface area contributed by atoms with Gasteiger partial charge in [-0.3, -0.25) is 4.79 Å². The van der Waals surface area contributed by atoms with Crippen LogP contribution in [-0.4, -0.2) is 35.3 Å². The third-order valence-electron chi connectivity index (χ3n) is 2.19. The lowest BCUT2D eigenvalue weighted by Crippen LogP contribution is -2.27. The molecule has 0 aliphatic carbocycles. The molecule has 98 valence electrons. The second-order valence-corrected chi connectivity index (χ2v) is 3.84. The van der Waals surface area contributed by atoms with Crippen molar-refractivity contribution in [3.05, 3.63) is 36.7 Å². The Kier molecular flexibility index (Phi) is 5.87. The standard InChI is InChI=1S/C13H18N2O3/c1-3-9-18-11-5-4-7-14-12(11)13(17)15-8-6-10(2)16/h3-5,7,10,16H,1,6,8-9H2,2H3,(H,15,17). The number of nitrogens with zero attached hydrogens (tertiary/aromatic N) is 1. The van der Waals surface area contributed by atoms with Crippen molar-refractivity contribution in [1.82, 2.24) is 10.3 Å². The maximum atomic E-state index is 11.8. The third kappa shape index (κ3) is 4.55. The molecule has 0 saturated heterocycles. The van der Waals surface area contributed by atoms with Crippen LogP contribution in [0.2, 0.25) is 0 Å². The predicted octanol–water partition coefficient (Wildman–Crippen LogP) is 1.15. The minimum atomic E-state index is -0.439. The fourth-order valence-electron chi connectivity index (χ4n) is 1.30. The summed E-state index contributed by atoms with van der Waals surface area (Å²) < 4.78 is 5.34. The first-order valence-electron chi connectivity index (χ1n) is 5.80. The molecule has 0 saturated carbocycles. The van der Waals surface area contributed by atoms with Crippen molar-refractivity contribution in [2.75, 3.05) is 13.2 Å². The molecule has 1 aromatic heterocycles. The summed E-state index contributed by atoms with van der Waals surface area (Å²) in [6, 6.07) is 3.38. The van der Waals surface area contributed by atoms with Crippen molar-refractivity contribution < 1.29 is 14.6 Å². The quantitative estimate of drug-likeness (QED) is 0.712. The summed E-state index contributed by atoms with van der Waals surface area (Å²) in [6.07, 6.45) is 3.19. The van der Waals surface area contributed by atoms with E-state index in [1.165, 1.54) is 6.20 Å². The smallest absolute Gasteiger partial charge is 0.273 e. The van der Waals surface area contributed by atoms with Crippen LogP contribution in [-0.2, 0) is 0 Å². The molecule has 0 aliphatic heterocycles. The van der Waals surface area contributed by atoms with E-state index in [9.17, 15) is 4.79 Å². The minimum Gasteiger partial charge on any atom is -0.487 e. The summed E-state index contributed by atoms with van der Waals surface area (Å²) in [5.41, 5.74) is 0.241. The van der Waals surface area contributed by atoms with Crippen LogP contribution in [0.25, 0.3) is 0 Å². The van der Waals surface area contributed by atoms with E-state index in [-0.39, 0.29) is 11.6 Å². The average molecular weight is 250 g/mol. The van der Waals surface area contributed by atoms with Gasteiger partial charge in [0.05, 0.1) is 6.10 Å². The van der Waals surface area contributed by atoms with Gasteiger partial charge in [-0.2, -0.15) is 0 Å². The van der Waals surface area contributed by atoms with E-state index in [0.717, 1.165) is 0 Å². The monoisotopic (exact) mass is 250 g/mol. The van der Waals surface area contributed by atoms with Crippen LogP contribution in [0.15, 0.2) is 31.0 Å². The first kappa shape index (κ1) is 14.2. The van der Waals surface area contributed by atoms with Gasteiger partial charge in [0.15, 0.2) is 11.4 Å². The Morgan fingerprint density at radius 1 is 1.72 bits per heavy atom. The topological polar surface area (TPSA) is 71.5 Å². The highest BCUT2D eigenvalue weighted by Crippen LogP contribution is 2.14. The predicted molar refractivity (Wildman–Crippen MR) is 68.6 cm³/mol. The molecule has 1 rings (SSSR count). The number of nitrogens with one attached hydrogen (secondary N) is 1. The molecule has 1 atom stereocenters. The Morgan fingerprint density at radius 3 is 3.17 bits per heavy atom. The molecule has 0 aromatic carbocycles. The van der Waals surface area contributed by atoms with E-state index in [0.29, 0.717) is 25.3 Å². The first-order valence-corrected chi connectivity index (χ1v) is 5.80. The van der Waals surface area contributed by atoms with Crippen molar-refractivity contribution in [3.63, 3.8) is 0 Å². The van der Waals surface area contributed by atoms with Crippen LogP contribution < -0.4 is 10.1 Å². The maximum absolute atomic E-state index is 11.8. The number of hydrogen-bond donors (Lipinski definition) is 2. The van der Waals surface area contributed by atoms with Gasteiger partial charge >= 0.3 is 0 Å². The van der Waals surface area contributed by atoms with Gasteiger partial charge in [0.2, 0.25) is 0 Å². The fourth-order valence-corrected chi connectivity index (χ4v) is 1.30. The summed E-state index contributed by atoms with van der Waals surface area (Å²) >= 11 is 0. The van der Waals surface area contributed by atoms with Gasteiger partial charge < -0.3 is 15.2 Å². The molecule has 1 amide bonds. The van der Waals surface area contributed by atoms with E-state index in [1.807, 2.05) is 0 Å². The largest absolute Gasteiger partial charge is 0.487 e. The van der Waals surface area contributed by atoms with Gasteiger partial charge in [0.25, 0.3) is 5.91 Å². The molecule has 5 heteroatoms. The molecule has 1 heterocycles. The van der Waals surface area contributed by atoms with E-state index >= 15 is 0 Å². The van der Waals surface area contributed by atoms with Crippen LogP contribution in [0.3, 0.4) is 0 Å². The Morgan fingerprint density at radius 2 is 2.50 bits per heavy atom. The van der Waals surface area contributed by atoms with Gasteiger partial charge in [-0.15, -0.1) is 0 Å². The lowest BCUT2D eigenvalue weighted by molar-refractivity contribution is 0.0936. The van der Waals surface area contributed by atoms with Gasteiger partial charge in [0, 0.05) is 12.7 Å². The second-order valence-electron chi connectivity index (χ2n) is 3.84. The number of carbonyl (C=O) groups is 1. The molecule has 0 spiro atoms. The number of ether oxygens (including phenoxy) is 1. The normalized spacial score (nSPS) is 11.7. The molecular formula is C13H18N2O3. The third-order valence-corrected chi connectivity index (χ3v) is 2.19. The van der Waals surface area contributed by atoms with Crippen molar-refractivity contribution in [2.45, 2.75) is 19.4 Å². The zero-order chi connectivity index (χ0) is 13.4. The van der Waals surface area contributed by atoms with Crippen LogP contribution in [0.1, 0.15) is 23.8 Å². The number of pyridine rings is 1. The molecule has 1 aromatic rings. The number of hydrogen-bond acceptors (Lipinski definition) is 4. The van der Waals surface area contributed by atoms with Crippen molar-refractivity contribution in [2.24, 2.45) is 0 Å². The van der Waals surface area contributed by atoms with Gasteiger partial charge in [0.1, 0.15) is 6.61 Å². The summed E-state index contributed by atoms with van der Waals surface area (Å²) in [4.78, 5) is 15.8. The summed E-state index contributed by atoms with van der Waals surface area (Å²) in [5, 5.41) is 11.8. The van der Waals surface area contributed by atoms with Gasteiger partial charge in [-0.1, -0.05) is 12.7 Å². The Hall–Kier alpha value is -1.88. The van der Waals surface area contributed by atoms with Crippen LogP contribution in [0.5, 0.6) is 5.75 Å². The van der Waals surface area contributed by atoms with Crippen LogP contribution in [0.4, 0.5) is 0 Å². The fraction of sp³-hybridized carbons (Fsp3) is 0.385. The molecule has 0 aliphatic rings. The summed E-state index contributed by atoms with van der Waals surface area (Å²) in [5.74, 6) is 0.113. The first-order chi connectivity index (χ1) is 8.65. The van der Waals surface area contributed by atoms with E-state index < -0.39 is 6.10 Å². The van der Waals surface area contributed by atoms with E-state index in [1.54, 1.807) is 25.1 Å². The van der Waals surface area contributed by atoms with E-state index in [2.05, 4.69) is 16.9 Å². The molecule has 18 heavy (non-hydrogen) atoms. The minimum absolute atomic E-state index is 0.241. The Balaban J connectivity index is 2.63. The van der Waals surface area contributed by atoms with Gasteiger partial charge in [-0.05, 0) is 25.5 Å². The van der Waals surface area contributed by atoms with Crippen molar-refractivity contribution >= 4 is 5.91 Å². The molecular weight excluding hydrogens is 232 g/mol. The van der Waals surface area contributed by atoms with Crippen LogP contribution >= 0.6 is 0 Å². The van der Waals surface area contributed by atoms with Gasteiger partial charge in [-0.25, -0.2) is 4.98 Å². The Bertz CT molecular complexity index is 405. The van der Waals surface area contributed by atoms with Crippen molar-refractivity contribution in [3.8, 4) is 5.75 Å².